The SMILES string of the molecule is COc1cc2c(cc1OCc1ccccc1)N(C(=O)O)C(O)[C@@H]1CCCCN1C2=O. The van der Waals surface area contributed by atoms with Crippen molar-refractivity contribution in [2.75, 3.05) is 18.6 Å². The number of piperidine rings is 1. The number of hydrogen-bond acceptors (Lipinski definition) is 5. The molecular weight excluding hydrogens is 388 g/mol. The summed E-state index contributed by atoms with van der Waals surface area (Å²) in [5.41, 5.74) is 1.20. The predicted octanol–water partition coefficient (Wildman–Crippen LogP) is 3.09. The third-order valence-electron chi connectivity index (χ3n) is 5.63. The van der Waals surface area contributed by atoms with E-state index < -0.39 is 18.4 Å². The molecular formula is C22H24N2O6. The Morgan fingerprint density at radius 2 is 1.93 bits per heavy atom. The molecule has 2 aromatic carbocycles. The molecule has 8 heteroatoms. The molecule has 2 aromatic rings. The number of carbonyl (C=O) groups excluding carboxylic acids is 1. The molecule has 0 radical (unpaired) electrons. The highest BCUT2D eigenvalue weighted by Crippen LogP contribution is 2.40. The highest BCUT2D eigenvalue weighted by atomic mass is 16.5. The molecule has 0 aliphatic carbocycles. The Balaban J connectivity index is 1.77. The number of aliphatic hydroxyl groups is 1. The molecule has 2 N–H and O–H groups in total. The van der Waals surface area contributed by atoms with Gasteiger partial charge in [-0.3, -0.25) is 4.79 Å². The van der Waals surface area contributed by atoms with Crippen LogP contribution in [0.5, 0.6) is 11.5 Å². The fourth-order valence-corrected chi connectivity index (χ4v) is 4.13. The van der Waals surface area contributed by atoms with Crippen molar-refractivity contribution >= 4 is 17.7 Å². The zero-order chi connectivity index (χ0) is 21.3. The Morgan fingerprint density at radius 3 is 2.63 bits per heavy atom. The second kappa shape index (κ2) is 8.23. The Labute approximate surface area is 174 Å². The highest BCUT2D eigenvalue weighted by molar-refractivity contribution is 6.05. The number of rotatable bonds is 4. The normalized spacial score (nSPS) is 20.8. The molecule has 4 rings (SSSR count). The van der Waals surface area contributed by atoms with Crippen molar-refractivity contribution in [1.82, 2.24) is 4.90 Å². The molecule has 1 fully saturated rings. The van der Waals surface area contributed by atoms with E-state index in [-0.39, 0.29) is 23.8 Å². The first-order valence-corrected chi connectivity index (χ1v) is 9.91. The summed E-state index contributed by atoms with van der Waals surface area (Å²) in [4.78, 5) is 27.7. The monoisotopic (exact) mass is 412 g/mol. The van der Waals surface area contributed by atoms with E-state index in [1.807, 2.05) is 30.3 Å². The Morgan fingerprint density at radius 1 is 1.17 bits per heavy atom. The molecule has 0 bridgehead atoms. The lowest BCUT2D eigenvalue weighted by molar-refractivity contribution is 0.0246. The first-order chi connectivity index (χ1) is 14.5. The average Bonchev–Trinajstić information content (AvgIpc) is 2.85. The summed E-state index contributed by atoms with van der Waals surface area (Å²) in [6, 6.07) is 11.9. The van der Waals surface area contributed by atoms with Gasteiger partial charge in [0.25, 0.3) is 5.91 Å². The van der Waals surface area contributed by atoms with Crippen molar-refractivity contribution < 1.29 is 29.3 Å². The molecule has 2 aliphatic rings. The van der Waals surface area contributed by atoms with Gasteiger partial charge in [0.2, 0.25) is 0 Å². The lowest BCUT2D eigenvalue weighted by atomic mass is 10.0. The van der Waals surface area contributed by atoms with Crippen LogP contribution in [0.2, 0.25) is 0 Å². The number of methoxy groups -OCH3 is 1. The van der Waals surface area contributed by atoms with Crippen LogP contribution in [-0.2, 0) is 6.61 Å². The molecule has 2 amide bonds. The average molecular weight is 412 g/mol. The van der Waals surface area contributed by atoms with E-state index in [1.54, 1.807) is 4.90 Å². The van der Waals surface area contributed by atoms with Gasteiger partial charge < -0.3 is 24.6 Å². The van der Waals surface area contributed by atoms with Gasteiger partial charge in [-0.05, 0) is 30.9 Å². The number of amides is 2. The topological polar surface area (TPSA) is 99.5 Å². The number of hydrogen-bond donors (Lipinski definition) is 2. The summed E-state index contributed by atoms with van der Waals surface area (Å²) in [5.74, 6) is 0.310. The van der Waals surface area contributed by atoms with E-state index in [0.29, 0.717) is 24.5 Å². The molecule has 2 atom stereocenters. The Kier molecular flexibility index (Phi) is 5.50. The largest absolute Gasteiger partial charge is 0.493 e. The minimum absolute atomic E-state index is 0.0956. The fourth-order valence-electron chi connectivity index (χ4n) is 4.13. The maximum atomic E-state index is 13.2. The molecule has 1 saturated heterocycles. The van der Waals surface area contributed by atoms with E-state index in [0.717, 1.165) is 23.3 Å². The summed E-state index contributed by atoms with van der Waals surface area (Å²) in [7, 11) is 1.46. The van der Waals surface area contributed by atoms with E-state index in [2.05, 4.69) is 0 Å². The summed E-state index contributed by atoms with van der Waals surface area (Å²) < 4.78 is 11.3. The second-order valence-corrected chi connectivity index (χ2v) is 7.42. The lowest BCUT2D eigenvalue weighted by Gasteiger charge is -2.38. The summed E-state index contributed by atoms with van der Waals surface area (Å²) in [6.07, 6.45) is -0.512. The van der Waals surface area contributed by atoms with Gasteiger partial charge in [0, 0.05) is 12.6 Å². The lowest BCUT2D eigenvalue weighted by Crippen LogP contribution is -2.54. The van der Waals surface area contributed by atoms with Gasteiger partial charge in [-0.25, -0.2) is 9.69 Å². The Bertz CT molecular complexity index is 948. The van der Waals surface area contributed by atoms with Crippen LogP contribution in [-0.4, -0.2) is 53.0 Å². The fraction of sp³-hybridized carbons (Fsp3) is 0.364. The van der Waals surface area contributed by atoms with E-state index >= 15 is 0 Å². The highest BCUT2D eigenvalue weighted by Gasteiger charge is 2.43. The van der Waals surface area contributed by atoms with Gasteiger partial charge in [-0.2, -0.15) is 0 Å². The zero-order valence-corrected chi connectivity index (χ0v) is 16.7. The molecule has 8 nitrogen and oxygen atoms in total. The first kappa shape index (κ1) is 20.0. The quantitative estimate of drug-likeness (QED) is 0.801. The third kappa shape index (κ3) is 3.54. The number of nitrogens with zero attached hydrogens (tertiary/aromatic N) is 2. The van der Waals surface area contributed by atoms with Crippen molar-refractivity contribution in [3.8, 4) is 11.5 Å². The molecule has 30 heavy (non-hydrogen) atoms. The molecule has 2 heterocycles. The van der Waals surface area contributed by atoms with Gasteiger partial charge >= 0.3 is 6.09 Å². The number of ether oxygens (including phenoxy) is 2. The maximum absolute atomic E-state index is 13.2. The minimum atomic E-state index is -1.36. The number of benzene rings is 2. The smallest absolute Gasteiger partial charge is 0.414 e. The number of anilines is 1. The second-order valence-electron chi connectivity index (χ2n) is 7.42. The number of fused-ring (bicyclic) bond motifs is 2. The molecule has 0 saturated carbocycles. The van der Waals surface area contributed by atoms with Crippen molar-refractivity contribution in [2.24, 2.45) is 0 Å². The standard InChI is InChI=1S/C22H24N2O6/c1-29-18-11-15-17(12-19(18)30-13-14-7-3-2-4-8-14)24(22(27)28)21(26)16-9-5-6-10-23(16)20(15)25/h2-4,7-8,11-12,16,21,26H,5-6,9-10,13H2,1H3,(H,27,28)/t16-,21?/m0/s1. The van der Waals surface area contributed by atoms with Gasteiger partial charge in [-0.1, -0.05) is 30.3 Å². The van der Waals surface area contributed by atoms with Crippen molar-refractivity contribution in [1.29, 1.82) is 0 Å². The summed E-state index contributed by atoms with van der Waals surface area (Å²) >= 11 is 0. The van der Waals surface area contributed by atoms with Crippen molar-refractivity contribution in [3.63, 3.8) is 0 Å². The molecule has 158 valence electrons. The van der Waals surface area contributed by atoms with Crippen LogP contribution in [0.1, 0.15) is 35.2 Å². The van der Waals surface area contributed by atoms with Crippen LogP contribution in [0, 0.1) is 0 Å². The van der Waals surface area contributed by atoms with Gasteiger partial charge in [0.1, 0.15) is 6.61 Å². The van der Waals surface area contributed by atoms with Crippen LogP contribution in [0.15, 0.2) is 42.5 Å². The van der Waals surface area contributed by atoms with Crippen molar-refractivity contribution in [2.45, 2.75) is 38.1 Å². The number of carboxylic acid groups (broad SMARTS) is 1. The Hall–Kier alpha value is -3.26. The molecule has 2 aliphatic heterocycles. The van der Waals surface area contributed by atoms with E-state index in [9.17, 15) is 19.8 Å². The van der Waals surface area contributed by atoms with Crippen molar-refractivity contribution in [3.05, 3.63) is 53.6 Å². The summed E-state index contributed by atoms with van der Waals surface area (Å²) in [6.45, 7) is 0.719. The van der Waals surface area contributed by atoms with E-state index in [1.165, 1.54) is 19.2 Å². The molecule has 0 spiro atoms. The van der Waals surface area contributed by atoms with Gasteiger partial charge in [-0.15, -0.1) is 0 Å². The molecule has 1 unspecified atom stereocenters. The van der Waals surface area contributed by atoms with Crippen LogP contribution in [0.25, 0.3) is 0 Å². The van der Waals surface area contributed by atoms with E-state index in [4.69, 9.17) is 9.47 Å². The number of aliphatic hydroxyl groups excluding tert-OH is 1. The number of carbonyl (C=O) groups is 2. The molecule has 0 aromatic heterocycles. The summed E-state index contributed by atoms with van der Waals surface area (Å²) in [5, 5.41) is 20.7. The van der Waals surface area contributed by atoms with Crippen LogP contribution < -0.4 is 14.4 Å². The van der Waals surface area contributed by atoms with Crippen LogP contribution in [0.4, 0.5) is 10.5 Å². The third-order valence-corrected chi connectivity index (χ3v) is 5.63. The minimum Gasteiger partial charge on any atom is -0.493 e. The van der Waals surface area contributed by atoms with Gasteiger partial charge in [0.05, 0.1) is 24.4 Å². The zero-order valence-electron chi connectivity index (χ0n) is 16.7. The van der Waals surface area contributed by atoms with Crippen LogP contribution >= 0.6 is 0 Å². The van der Waals surface area contributed by atoms with Gasteiger partial charge in [0.15, 0.2) is 17.7 Å². The first-order valence-electron chi connectivity index (χ1n) is 9.91. The van der Waals surface area contributed by atoms with Crippen LogP contribution in [0.3, 0.4) is 0 Å². The predicted molar refractivity (Wildman–Crippen MR) is 109 cm³/mol. The maximum Gasteiger partial charge on any atom is 0.414 e.